The van der Waals surface area contributed by atoms with Gasteiger partial charge in [0.15, 0.2) is 0 Å². The van der Waals surface area contributed by atoms with Crippen molar-refractivity contribution in [2.24, 2.45) is 0 Å². The number of carbonyl (C=O) groups excluding carboxylic acids is 2. The van der Waals surface area contributed by atoms with Crippen LogP contribution in [0.25, 0.3) is 0 Å². The molecule has 0 aliphatic heterocycles. The summed E-state index contributed by atoms with van der Waals surface area (Å²) in [5, 5.41) is 16.7. The molecule has 0 aromatic heterocycles. The van der Waals surface area contributed by atoms with Crippen molar-refractivity contribution in [1.82, 2.24) is 20.3 Å². The molecule has 11 heteroatoms. The Labute approximate surface area is 198 Å². The number of aliphatic carboxylic acids is 1. The first-order valence-corrected chi connectivity index (χ1v) is 11.9. The molecule has 182 valence electrons. The van der Waals surface area contributed by atoms with Gasteiger partial charge in [-0.1, -0.05) is 60.7 Å². The monoisotopic (exact) mass is 488 g/mol. The first kappa shape index (κ1) is 26.6. The molecular weight excluding hydrogens is 460 g/mol. The number of carboxylic acids is 1. The normalized spacial score (nSPS) is 12.3. The smallest absolute Gasteiger partial charge is 0.328 e. The first-order valence-electron chi connectivity index (χ1n) is 10.5. The third kappa shape index (κ3) is 8.34. The Bertz CT molecular complexity index is 1090. The van der Waals surface area contributed by atoms with Gasteiger partial charge in [-0.25, -0.2) is 18.0 Å². The van der Waals surface area contributed by atoms with Crippen LogP contribution in [0.5, 0.6) is 0 Å². The summed E-state index contributed by atoms with van der Waals surface area (Å²) in [7, 11) is -3.99. The topological polar surface area (TPSA) is 145 Å². The third-order valence-electron chi connectivity index (χ3n) is 4.64. The van der Waals surface area contributed by atoms with E-state index in [1.807, 2.05) is 30.3 Å². The lowest BCUT2D eigenvalue weighted by molar-refractivity contribution is -0.141. The van der Waals surface area contributed by atoms with E-state index in [9.17, 15) is 27.9 Å². The second-order valence-corrected chi connectivity index (χ2v) is 9.13. The van der Waals surface area contributed by atoms with Crippen LogP contribution in [0.15, 0.2) is 77.7 Å². The molecule has 2 aromatic rings. The minimum atomic E-state index is -3.99. The van der Waals surface area contributed by atoms with Crippen LogP contribution in [0.3, 0.4) is 0 Å². The lowest BCUT2D eigenvalue weighted by atomic mass is 10.2. The summed E-state index contributed by atoms with van der Waals surface area (Å²) < 4.78 is 26.8. The van der Waals surface area contributed by atoms with Gasteiger partial charge < -0.3 is 21.1 Å². The van der Waals surface area contributed by atoms with Gasteiger partial charge in [-0.3, -0.25) is 4.79 Å². The molecule has 1 atom stereocenters. The maximum atomic E-state index is 12.9. The largest absolute Gasteiger partial charge is 0.480 e. The zero-order chi connectivity index (χ0) is 25.0. The van der Waals surface area contributed by atoms with Gasteiger partial charge >= 0.3 is 12.0 Å². The number of nitrogens with one attached hydrogen (secondary N) is 3. The number of carboxylic acid groups (broad SMARTS) is 1. The average molecular weight is 489 g/mol. The van der Waals surface area contributed by atoms with Gasteiger partial charge in [-0.2, -0.15) is 4.31 Å². The summed E-state index contributed by atoms with van der Waals surface area (Å²) in [5.74, 6) is -2.19. The van der Waals surface area contributed by atoms with Crippen molar-refractivity contribution in [2.45, 2.75) is 24.4 Å². The van der Waals surface area contributed by atoms with Gasteiger partial charge in [0.25, 0.3) is 0 Å². The summed E-state index contributed by atoms with van der Waals surface area (Å²) in [6.45, 7) is 0.906. The van der Waals surface area contributed by atoms with E-state index in [1.165, 1.54) is 12.1 Å². The molecule has 2 aromatic carbocycles. The number of hydrogen-bond donors (Lipinski definition) is 4. The van der Waals surface area contributed by atoms with Crippen LogP contribution < -0.4 is 16.0 Å². The molecule has 0 fully saturated rings. The third-order valence-corrected chi connectivity index (χ3v) is 6.47. The van der Waals surface area contributed by atoms with E-state index in [0.29, 0.717) is 0 Å². The minimum Gasteiger partial charge on any atom is -0.480 e. The molecule has 0 unspecified atom stereocenters. The van der Waals surface area contributed by atoms with Crippen molar-refractivity contribution >= 4 is 27.9 Å². The lowest BCUT2D eigenvalue weighted by Gasteiger charge is -2.22. The maximum absolute atomic E-state index is 12.9. The highest BCUT2D eigenvalue weighted by atomic mass is 32.2. The number of benzene rings is 2. The van der Waals surface area contributed by atoms with Crippen molar-refractivity contribution in [2.75, 3.05) is 19.6 Å². The first-order chi connectivity index (χ1) is 16.2. The average Bonchev–Trinajstić information content (AvgIpc) is 2.83. The van der Waals surface area contributed by atoms with Crippen LogP contribution >= 0.6 is 0 Å². The number of carbonyl (C=O) groups is 3. The SMILES string of the molecule is C/C=C\CN(CC(=O)N[C@@H](CNC(=O)NCc1ccccc1)C(=O)O)S(=O)(=O)c1ccccc1. The summed E-state index contributed by atoms with van der Waals surface area (Å²) in [4.78, 5) is 36.1. The Morgan fingerprint density at radius 3 is 2.21 bits per heavy atom. The Balaban J connectivity index is 1.97. The number of amides is 3. The quantitative estimate of drug-likeness (QED) is 0.332. The number of allylic oxidation sites excluding steroid dienone is 1. The van der Waals surface area contributed by atoms with E-state index in [2.05, 4.69) is 16.0 Å². The molecule has 0 spiro atoms. The van der Waals surface area contributed by atoms with Gasteiger partial charge in [-0.15, -0.1) is 0 Å². The van der Waals surface area contributed by atoms with E-state index in [0.717, 1.165) is 9.87 Å². The zero-order valence-corrected chi connectivity index (χ0v) is 19.5. The molecular formula is C23H28N4O6S. The Morgan fingerprint density at radius 1 is 1.00 bits per heavy atom. The zero-order valence-electron chi connectivity index (χ0n) is 18.7. The molecule has 0 saturated heterocycles. The highest BCUT2D eigenvalue weighted by Crippen LogP contribution is 2.15. The maximum Gasteiger partial charge on any atom is 0.328 e. The van der Waals surface area contributed by atoms with Crippen molar-refractivity contribution in [3.8, 4) is 0 Å². The highest BCUT2D eigenvalue weighted by Gasteiger charge is 2.28. The van der Waals surface area contributed by atoms with Gasteiger partial charge in [-0.05, 0) is 24.6 Å². The Hall–Kier alpha value is -3.70. The number of sulfonamides is 1. The van der Waals surface area contributed by atoms with Crippen LogP contribution in [0.2, 0.25) is 0 Å². The van der Waals surface area contributed by atoms with Crippen LogP contribution in [-0.2, 0) is 26.2 Å². The number of rotatable bonds is 12. The molecule has 0 saturated carbocycles. The summed E-state index contributed by atoms with van der Waals surface area (Å²) in [6.07, 6.45) is 3.21. The Kier molecular flexibility index (Phi) is 10.2. The molecule has 10 nitrogen and oxygen atoms in total. The Morgan fingerprint density at radius 2 is 1.62 bits per heavy atom. The molecule has 0 heterocycles. The van der Waals surface area contributed by atoms with Crippen LogP contribution in [0, 0.1) is 0 Å². The number of urea groups is 1. The fraction of sp³-hybridized carbons (Fsp3) is 0.261. The van der Waals surface area contributed by atoms with Crippen molar-refractivity contribution in [1.29, 1.82) is 0 Å². The lowest BCUT2D eigenvalue weighted by Crippen LogP contribution is -2.52. The standard InChI is InChI=1S/C23H28N4O6S/c1-2-3-14-27(34(32,33)19-12-8-5-9-13-19)17-21(28)26-20(22(29)30)16-25-23(31)24-15-18-10-6-4-7-11-18/h2-13,20H,14-17H2,1H3,(H,26,28)(H,29,30)(H2,24,25,31)/b3-2-/t20-/m0/s1. The highest BCUT2D eigenvalue weighted by molar-refractivity contribution is 7.89. The fourth-order valence-corrected chi connectivity index (χ4v) is 4.22. The minimum absolute atomic E-state index is 0.0128. The van der Waals surface area contributed by atoms with E-state index in [1.54, 1.807) is 37.3 Å². The van der Waals surface area contributed by atoms with Crippen molar-refractivity contribution in [3.05, 3.63) is 78.4 Å². The summed E-state index contributed by atoms with van der Waals surface area (Å²) in [5.41, 5.74) is 0.863. The van der Waals surface area contributed by atoms with Gasteiger partial charge in [0.05, 0.1) is 18.0 Å². The molecule has 34 heavy (non-hydrogen) atoms. The predicted octanol–water partition coefficient (Wildman–Crippen LogP) is 1.32. The van der Waals surface area contributed by atoms with Crippen molar-refractivity contribution < 1.29 is 27.9 Å². The molecule has 0 bridgehead atoms. The van der Waals surface area contributed by atoms with Gasteiger partial charge in [0.1, 0.15) is 6.04 Å². The second-order valence-electron chi connectivity index (χ2n) is 7.19. The van der Waals surface area contributed by atoms with E-state index < -0.39 is 40.5 Å². The molecule has 0 aliphatic carbocycles. The summed E-state index contributed by atoms with van der Waals surface area (Å²) >= 11 is 0. The van der Waals surface area contributed by atoms with E-state index in [-0.39, 0.29) is 24.5 Å². The van der Waals surface area contributed by atoms with Crippen LogP contribution in [0.4, 0.5) is 4.79 Å². The van der Waals surface area contributed by atoms with Crippen LogP contribution in [0.1, 0.15) is 12.5 Å². The number of hydrogen-bond acceptors (Lipinski definition) is 5. The van der Waals surface area contributed by atoms with Crippen molar-refractivity contribution in [3.63, 3.8) is 0 Å². The molecule has 2 rings (SSSR count). The molecule has 0 aliphatic rings. The van der Waals surface area contributed by atoms with Crippen LogP contribution in [-0.4, -0.2) is 61.4 Å². The van der Waals surface area contributed by atoms with E-state index >= 15 is 0 Å². The predicted molar refractivity (Wildman–Crippen MR) is 126 cm³/mol. The number of nitrogens with zero attached hydrogens (tertiary/aromatic N) is 1. The van der Waals surface area contributed by atoms with Gasteiger partial charge in [0.2, 0.25) is 15.9 Å². The summed E-state index contributed by atoms with van der Waals surface area (Å²) in [6, 6.07) is 14.7. The molecule has 3 amide bonds. The van der Waals surface area contributed by atoms with Gasteiger partial charge in [0, 0.05) is 13.1 Å². The fourth-order valence-electron chi connectivity index (χ4n) is 2.85. The second kappa shape index (κ2) is 13.1. The molecule has 0 radical (unpaired) electrons. The molecule has 4 N–H and O–H groups in total. The van der Waals surface area contributed by atoms with E-state index in [4.69, 9.17) is 0 Å².